The number of anilines is 1. The Hall–Kier alpha value is -3.15. The van der Waals surface area contributed by atoms with Crippen molar-refractivity contribution in [2.75, 3.05) is 18.1 Å². The first-order valence-corrected chi connectivity index (χ1v) is 9.30. The van der Waals surface area contributed by atoms with Crippen LogP contribution in [0.3, 0.4) is 0 Å². The first-order valence-electron chi connectivity index (χ1n) is 9.30. The van der Waals surface area contributed by atoms with E-state index in [4.69, 9.17) is 9.15 Å². The summed E-state index contributed by atoms with van der Waals surface area (Å²) in [6.07, 6.45) is 1.36. The standard InChI is InChI=1S/C22H20FNO4/c1-3-27-22(26)20-16-11-13(2)17(24-10-4-5-19(24)25)12-18(16)28-21(20)14-6-8-15(23)9-7-14/h6-9,11-12H,3-5,10H2,1-2H3. The van der Waals surface area contributed by atoms with E-state index in [1.54, 1.807) is 30.0 Å². The van der Waals surface area contributed by atoms with E-state index in [9.17, 15) is 14.0 Å². The number of benzene rings is 2. The molecule has 0 N–H and O–H groups in total. The van der Waals surface area contributed by atoms with Crippen molar-refractivity contribution in [1.29, 1.82) is 0 Å². The third kappa shape index (κ3) is 3.05. The Bertz CT molecular complexity index is 1070. The van der Waals surface area contributed by atoms with Gasteiger partial charge in [0.25, 0.3) is 0 Å². The molecule has 5 nitrogen and oxygen atoms in total. The van der Waals surface area contributed by atoms with Crippen LogP contribution in [0, 0.1) is 12.7 Å². The highest BCUT2D eigenvalue weighted by molar-refractivity contribution is 6.10. The summed E-state index contributed by atoms with van der Waals surface area (Å²) in [5.74, 6) is -0.454. The topological polar surface area (TPSA) is 59.8 Å². The minimum Gasteiger partial charge on any atom is -0.462 e. The Labute approximate surface area is 161 Å². The number of hydrogen-bond donors (Lipinski definition) is 0. The quantitative estimate of drug-likeness (QED) is 0.606. The second-order valence-electron chi connectivity index (χ2n) is 6.82. The first kappa shape index (κ1) is 18.2. The molecule has 6 heteroatoms. The number of aryl methyl sites for hydroxylation is 1. The molecule has 1 aliphatic rings. The van der Waals surface area contributed by atoms with Crippen LogP contribution in [0.2, 0.25) is 0 Å². The summed E-state index contributed by atoms with van der Waals surface area (Å²) < 4.78 is 24.6. The molecule has 1 aliphatic heterocycles. The molecule has 1 amide bonds. The molecule has 0 unspecified atom stereocenters. The van der Waals surface area contributed by atoms with Crippen LogP contribution in [0.4, 0.5) is 10.1 Å². The molecule has 0 spiro atoms. The number of esters is 1. The summed E-state index contributed by atoms with van der Waals surface area (Å²) in [6.45, 7) is 4.54. The van der Waals surface area contributed by atoms with Gasteiger partial charge >= 0.3 is 5.97 Å². The van der Waals surface area contributed by atoms with Gasteiger partial charge in [0, 0.05) is 30.0 Å². The zero-order valence-electron chi connectivity index (χ0n) is 15.8. The highest BCUT2D eigenvalue weighted by Crippen LogP contribution is 2.38. The molecular formula is C22H20FNO4. The summed E-state index contributed by atoms with van der Waals surface area (Å²) in [7, 11) is 0. The second-order valence-corrected chi connectivity index (χ2v) is 6.82. The lowest BCUT2D eigenvalue weighted by Gasteiger charge is -2.18. The maximum Gasteiger partial charge on any atom is 0.342 e. The molecule has 0 bridgehead atoms. The Balaban J connectivity index is 1.92. The Morgan fingerprint density at radius 1 is 1.25 bits per heavy atom. The van der Waals surface area contributed by atoms with Crippen molar-refractivity contribution >= 4 is 28.5 Å². The molecule has 1 saturated heterocycles. The van der Waals surface area contributed by atoms with E-state index in [1.807, 2.05) is 13.0 Å². The largest absolute Gasteiger partial charge is 0.462 e. The predicted octanol–water partition coefficient (Wildman–Crippen LogP) is 4.85. The van der Waals surface area contributed by atoms with Crippen molar-refractivity contribution in [1.82, 2.24) is 0 Å². The lowest BCUT2D eigenvalue weighted by molar-refractivity contribution is -0.117. The van der Waals surface area contributed by atoms with E-state index >= 15 is 0 Å². The van der Waals surface area contributed by atoms with Gasteiger partial charge in [0.15, 0.2) is 0 Å². The van der Waals surface area contributed by atoms with Crippen molar-refractivity contribution in [2.45, 2.75) is 26.7 Å². The fourth-order valence-corrected chi connectivity index (χ4v) is 3.64. The van der Waals surface area contributed by atoms with Crippen molar-refractivity contribution in [3.8, 4) is 11.3 Å². The SMILES string of the molecule is CCOC(=O)c1c(-c2ccc(F)cc2)oc2cc(N3CCCC3=O)c(C)cc12. The molecule has 4 rings (SSSR count). The number of nitrogens with zero attached hydrogens (tertiary/aromatic N) is 1. The summed E-state index contributed by atoms with van der Waals surface area (Å²) in [4.78, 5) is 26.6. The predicted molar refractivity (Wildman–Crippen MR) is 104 cm³/mol. The van der Waals surface area contributed by atoms with Gasteiger partial charge in [-0.25, -0.2) is 9.18 Å². The highest BCUT2D eigenvalue weighted by atomic mass is 19.1. The number of halogens is 1. The fourth-order valence-electron chi connectivity index (χ4n) is 3.64. The van der Waals surface area contributed by atoms with E-state index in [2.05, 4.69) is 0 Å². The van der Waals surface area contributed by atoms with E-state index in [1.165, 1.54) is 12.1 Å². The van der Waals surface area contributed by atoms with E-state index in [0.717, 1.165) is 17.7 Å². The molecule has 1 fully saturated rings. The minimum atomic E-state index is -0.495. The van der Waals surface area contributed by atoms with E-state index < -0.39 is 5.97 Å². The lowest BCUT2D eigenvalue weighted by Crippen LogP contribution is -2.24. The van der Waals surface area contributed by atoms with Gasteiger partial charge in [-0.2, -0.15) is 0 Å². The third-order valence-electron chi connectivity index (χ3n) is 4.96. The van der Waals surface area contributed by atoms with Crippen molar-refractivity contribution < 1.29 is 23.1 Å². The number of fused-ring (bicyclic) bond motifs is 1. The molecule has 0 aliphatic carbocycles. The van der Waals surface area contributed by atoms with Gasteiger partial charge in [-0.15, -0.1) is 0 Å². The van der Waals surface area contributed by atoms with E-state index in [0.29, 0.717) is 40.8 Å². The zero-order valence-corrected chi connectivity index (χ0v) is 15.8. The normalized spacial score (nSPS) is 14.1. The monoisotopic (exact) mass is 381 g/mol. The summed E-state index contributed by atoms with van der Waals surface area (Å²) in [5.41, 5.74) is 3.04. The minimum absolute atomic E-state index is 0.0818. The number of hydrogen-bond acceptors (Lipinski definition) is 4. The van der Waals surface area contributed by atoms with Gasteiger partial charge in [0.2, 0.25) is 5.91 Å². The van der Waals surface area contributed by atoms with Gasteiger partial charge in [0.05, 0.1) is 12.3 Å². The number of carbonyl (C=O) groups is 2. The number of ether oxygens (including phenoxy) is 1. The van der Waals surface area contributed by atoms with Crippen LogP contribution >= 0.6 is 0 Å². The van der Waals surface area contributed by atoms with Gasteiger partial charge in [0.1, 0.15) is 22.7 Å². The Kier molecular flexibility index (Phi) is 4.63. The van der Waals surface area contributed by atoms with E-state index in [-0.39, 0.29) is 18.3 Å². The van der Waals surface area contributed by atoms with Crippen LogP contribution in [0.15, 0.2) is 40.8 Å². The summed E-state index contributed by atoms with van der Waals surface area (Å²) >= 11 is 0. The van der Waals surface area contributed by atoms with Gasteiger partial charge in [-0.05, 0) is 56.2 Å². The van der Waals surface area contributed by atoms with Crippen LogP contribution in [-0.2, 0) is 9.53 Å². The van der Waals surface area contributed by atoms with Crippen LogP contribution in [0.1, 0.15) is 35.7 Å². The number of carbonyl (C=O) groups excluding carboxylic acids is 2. The highest BCUT2D eigenvalue weighted by Gasteiger charge is 2.27. The Morgan fingerprint density at radius 2 is 2.00 bits per heavy atom. The number of furan rings is 1. The van der Waals surface area contributed by atoms with Crippen LogP contribution in [-0.4, -0.2) is 25.0 Å². The molecule has 3 aromatic rings. The van der Waals surface area contributed by atoms with Crippen LogP contribution in [0.5, 0.6) is 0 Å². The number of amides is 1. The Morgan fingerprint density at radius 3 is 2.64 bits per heavy atom. The molecule has 0 radical (unpaired) electrons. The molecule has 2 aromatic carbocycles. The fraction of sp³-hybridized carbons (Fsp3) is 0.273. The molecule has 1 aromatic heterocycles. The average molecular weight is 381 g/mol. The summed E-state index contributed by atoms with van der Waals surface area (Å²) in [5, 5.41) is 0.616. The van der Waals surface area contributed by atoms with Crippen molar-refractivity contribution in [3.63, 3.8) is 0 Å². The smallest absolute Gasteiger partial charge is 0.342 e. The van der Waals surface area contributed by atoms with Crippen molar-refractivity contribution in [3.05, 3.63) is 53.3 Å². The van der Waals surface area contributed by atoms with Gasteiger partial charge in [-0.1, -0.05) is 0 Å². The molecule has 28 heavy (non-hydrogen) atoms. The average Bonchev–Trinajstić information content (AvgIpc) is 3.25. The first-order chi connectivity index (χ1) is 13.5. The maximum absolute atomic E-state index is 13.3. The zero-order chi connectivity index (χ0) is 19.8. The maximum atomic E-state index is 13.3. The number of rotatable bonds is 4. The van der Waals surface area contributed by atoms with Crippen molar-refractivity contribution in [2.24, 2.45) is 0 Å². The summed E-state index contributed by atoms with van der Waals surface area (Å²) in [6, 6.07) is 9.40. The lowest BCUT2D eigenvalue weighted by atomic mass is 10.0. The molecule has 2 heterocycles. The van der Waals surface area contributed by atoms with Crippen LogP contribution < -0.4 is 4.90 Å². The molecule has 144 valence electrons. The van der Waals surface area contributed by atoms with Crippen LogP contribution in [0.25, 0.3) is 22.3 Å². The molecule has 0 saturated carbocycles. The van der Waals surface area contributed by atoms with Gasteiger partial charge in [-0.3, -0.25) is 4.79 Å². The second kappa shape index (κ2) is 7.11. The molecular weight excluding hydrogens is 361 g/mol. The third-order valence-corrected chi connectivity index (χ3v) is 4.96. The van der Waals surface area contributed by atoms with Gasteiger partial charge < -0.3 is 14.1 Å². The molecule has 0 atom stereocenters.